The van der Waals surface area contributed by atoms with Crippen molar-refractivity contribution in [1.29, 1.82) is 0 Å². The van der Waals surface area contributed by atoms with Gasteiger partial charge in [-0.1, -0.05) is 31.5 Å². The highest BCUT2D eigenvalue weighted by molar-refractivity contribution is 6.31. The molecule has 1 rings (SSSR count). The van der Waals surface area contributed by atoms with Crippen LogP contribution in [0.5, 0.6) is 0 Å². The second-order valence-electron chi connectivity index (χ2n) is 5.15. The molecule has 0 fully saturated rings. The minimum Gasteiger partial charge on any atom is -0.369 e. The summed E-state index contributed by atoms with van der Waals surface area (Å²) in [6.07, 6.45) is 2.94. The van der Waals surface area contributed by atoms with E-state index in [-0.39, 0.29) is 6.04 Å². The molecule has 1 aromatic rings. The third-order valence-electron chi connectivity index (χ3n) is 3.86. The topological polar surface area (TPSA) is 29.3 Å². The minimum absolute atomic E-state index is 0.175. The molecule has 0 aromatic heterocycles. The quantitative estimate of drug-likeness (QED) is 0.810. The van der Waals surface area contributed by atoms with Crippen molar-refractivity contribution >= 4 is 17.3 Å². The van der Waals surface area contributed by atoms with Crippen LogP contribution in [0.1, 0.15) is 46.1 Å². The Kier molecular flexibility index (Phi) is 6.67. The zero-order valence-corrected chi connectivity index (χ0v) is 13.4. The van der Waals surface area contributed by atoms with Gasteiger partial charge in [0.2, 0.25) is 0 Å². The minimum atomic E-state index is 0.175. The van der Waals surface area contributed by atoms with E-state index >= 15 is 0 Å². The second-order valence-corrected chi connectivity index (χ2v) is 5.56. The van der Waals surface area contributed by atoms with Crippen LogP contribution in [0, 0.1) is 0 Å². The monoisotopic (exact) mass is 282 g/mol. The first-order valence-electron chi connectivity index (χ1n) is 7.34. The Morgan fingerprint density at radius 3 is 2.42 bits per heavy atom. The number of nitrogens with zero attached hydrogens (tertiary/aromatic N) is 1. The van der Waals surface area contributed by atoms with E-state index in [1.807, 2.05) is 12.1 Å². The lowest BCUT2D eigenvalue weighted by Gasteiger charge is -2.32. The van der Waals surface area contributed by atoms with E-state index in [0.717, 1.165) is 30.8 Å². The molecule has 3 heteroatoms. The second kappa shape index (κ2) is 7.76. The Hall–Kier alpha value is -0.730. The van der Waals surface area contributed by atoms with Crippen molar-refractivity contribution in [3.8, 4) is 0 Å². The summed E-state index contributed by atoms with van der Waals surface area (Å²) in [5.74, 6) is 0. The molecule has 0 radical (unpaired) electrons. The molecule has 2 unspecified atom stereocenters. The molecule has 0 aliphatic rings. The van der Waals surface area contributed by atoms with Crippen molar-refractivity contribution in [1.82, 2.24) is 0 Å². The lowest BCUT2D eigenvalue weighted by atomic mass is 10.0. The van der Waals surface area contributed by atoms with Gasteiger partial charge in [-0.15, -0.1) is 0 Å². The zero-order chi connectivity index (χ0) is 14.4. The standard InChI is InChI=1S/C16H27ClN2/c1-5-12(4)19(7-3)16-10-8-9-15(17)14(16)11-13(18)6-2/h8-10,12-13H,5-7,11,18H2,1-4H3. The number of anilines is 1. The Labute approximate surface area is 122 Å². The van der Waals surface area contributed by atoms with Gasteiger partial charge in [-0.2, -0.15) is 0 Å². The summed E-state index contributed by atoms with van der Waals surface area (Å²) in [5, 5.41) is 0.836. The van der Waals surface area contributed by atoms with E-state index in [9.17, 15) is 0 Å². The number of rotatable bonds is 7. The number of halogens is 1. The van der Waals surface area contributed by atoms with Gasteiger partial charge >= 0.3 is 0 Å². The van der Waals surface area contributed by atoms with Crippen LogP contribution in [-0.2, 0) is 6.42 Å². The lowest BCUT2D eigenvalue weighted by Crippen LogP contribution is -2.34. The average Bonchev–Trinajstić information content (AvgIpc) is 2.42. The molecule has 108 valence electrons. The summed E-state index contributed by atoms with van der Waals surface area (Å²) >= 11 is 6.40. The fourth-order valence-corrected chi connectivity index (χ4v) is 2.61. The smallest absolute Gasteiger partial charge is 0.0459 e. The predicted octanol–water partition coefficient (Wildman–Crippen LogP) is 4.24. The molecule has 0 aliphatic carbocycles. The number of hydrogen-bond donors (Lipinski definition) is 1. The van der Waals surface area contributed by atoms with Crippen molar-refractivity contribution in [3.05, 3.63) is 28.8 Å². The molecular weight excluding hydrogens is 256 g/mol. The summed E-state index contributed by atoms with van der Waals surface area (Å²) in [5.41, 5.74) is 8.55. The largest absolute Gasteiger partial charge is 0.369 e. The molecule has 1 aromatic carbocycles. The Morgan fingerprint density at radius 2 is 1.89 bits per heavy atom. The van der Waals surface area contributed by atoms with Gasteiger partial charge in [0.05, 0.1) is 0 Å². The van der Waals surface area contributed by atoms with E-state index in [2.05, 4.69) is 38.7 Å². The van der Waals surface area contributed by atoms with Crippen LogP contribution in [-0.4, -0.2) is 18.6 Å². The Morgan fingerprint density at radius 1 is 1.21 bits per heavy atom. The van der Waals surface area contributed by atoms with Crippen molar-refractivity contribution in [2.24, 2.45) is 5.73 Å². The van der Waals surface area contributed by atoms with Crippen molar-refractivity contribution in [2.45, 2.75) is 59.0 Å². The molecule has 0 aliphatic heterocycles. The molecule has 0 saturated heterocycles. The molecule has 0 spiro atoms. The molecule has 2 atom stereocenters. The molecule has 0 bridgehead atoms. The van der Waals surface area contributed by atoms with Crippen LogP contribution in [0.15, 0.2) is 18.2 Å². The van der Waals surface area contributed by atoms with Crippen LogP contribution in [0.2, 0.25) is 5.02 Å². The van der Waals surface area contributed by atoms with E-state index < -0.39 is 0 Å². The Balaban J connectivity index is 3.14. The lowest BCUT2D eigenvalue weighted by molar-refractivity contribution is 0.615. The highest BCUT2D eigenvalue weighted by atomic mass is 35.5. The summed E-state index contributed by atoms with van der Waals surface area (Å²) in [6, 6.07) is 6.85. The van der Waals surface area contributed by atoms with E-state index in [1.165, 1.54) is 11.3 Å². The summed E-state index contributed by atoms with van der Waals surface area (Å²) < 4.78 is 0. The zero-order valence-electron chi connectivity index (χ0n) is 12.6. The van der Waals surface area contributed by atoms with Crippen molar-refractivity contribution < 1.29 is 0 Å². The summed E-state index contributed by atoms with van der Waals surface area (Å²) in [7, 11) is 0. The maximum atomic E-state index is 6.40. The highest BCUT2D eigenvalue weighted by Gasteiger charge is 2.17. The maximum Gasteiger partial charge on any atom is 0.0459 e. The third-order valence-corrected chi connectivity index (χ3v) is 4.21. The summed E-state index contributed by atoms with van der Waals surface area (Å²) in [4.78, 5) is 2.42. The van der Waals surface area contributed by atoms with E-state index in [0.29, 0.717) is 6.04 Å². The fraction of sp³-hybridized carbons (Fsp3) is 0.625. The first-order valence-corrected chi connectivity index (χ1v) is 7.72. The summed E-state index contributed by atoms with van der Waals surface area (Å²) in [6.45, 7) is 9.77. The molecule has 2 N–H and O–H groups in total. The SMILES string of the molecule is CCC(N)Cc1c(Cl)cccc1N(CC)C(C)CC. The van der Waals surface area contributed by atoms with Gasteiger partial charge in [0.1, 0.15) is 0 Å². The van der Waals surface area contributed by atoms with Gasteiger partial charge < -0.3 is 10.6 Å². The molecule has 0 heterocycles. The van der Waals surface area contributed by atoms with Gasteiger partial charge in [0.15, 0.2) is 0 Å². The Bertz CT molecular complexity index is 392. The molecular formula is C16H27ClN2. The van der Waals surface area contributed by atoms with Crippen LogP contribution in [0.3, 0.4) is 0 Å². The fourth-order valence-electron chi connectivity index (χ4n) is 2.36. The molecule has 19 heavy (non-hydrogen) atoms. The number of benzene rings is 1. The van der Waals surface area contributed by atoms with Gasteiger partial charge in [-0.3, -0.25) is 0 Å². The van der Waals surface area contributed by atoms with Crippen molar-refractivity contribution in [3.63, 3.8) is 0 Å². The molecule has 0 saturated carbocycles. The average molecular weight is 283 g/mol. The van der Waals surface area contributed by atoms with E-state index in [4.69, 9.17) is 17.3 Å². The van der Waals surface area contributed by atoms with E-state index in [1.54, 1.807) is 0 Å². The number of nitrogens with two attached hydrogens (primary N) is 1. The third kappa shape index (κ3) is 4.12. The normalized spacial score (nSPS) is 14.2. The van der Waals surface area contributed by atoms with Gasteiger partial charge in [-0.25, -0.2) is 0 Å². The molecule has 2 nitrogen and oxygen atoms in total. The predicted molar refractivity (Wildman–Crippen MR) is 86.2 cm³/mol. The first kappa shape index (κ1) is 16.3. The first-order chi connectivity index (χ1) is 9.04. The molecule has 0 amide bonds. The van der Waals surface area contributed by atoms with Gasteiger partial charge in [-0.05, 0) is 50.8 Å². The van der Waals surface area contributed by atoms with Crippen LogP contribution in [0.4, 0.5) is 5.69 Å². The van der Waals surface area contributed by atoms with Gasteiger partial charge in [0, 0.05) is 29.3 Å². The van der Waals surface area contributed by atoms with Gasteiger partial charge in [0.25, 0.3) is 0 Å². The van der Waals surface area contributed by atoms with Crippen molar-refractivity contribution in [2.75, 3.05) is 11.4 Å². The highest BCUT2D eigenvalue weighted by Crippen LogP contribution is 2.30. The van der Waals surface area contributed by atoms with Crippen LogP contribution in [0.25, 0.3) is 0 Å². The van der Waals surface area contributed by atoms with Crippen LogP contribution >= 0.6 is 11.6 Å². The maximum absolute atomic E-state index is 6.40. The van der Waals surface area contributed by atoms with Crippen LogP contribution < -0.4 is 10.6 Å². The number of hydrogen-bond acceptors (Lipinski definition) is 2.